The summed E-state index contributed by atoms with van der Waals surface area (Å²) < 4.78 is 40.4. The molecule has 19 atom stereocenters. The lowest BCUT2D eigenvalue weighted by Gasteiger charge is -2.63. The molecule has 0 aromatic heterocycles. The van der Waals surface area contributed by atoms with Gasteiger partial charge in [0.15, 0.2) is 29.3 Å². The Bertz CT molecular complexity index is 1370. The van der Waals surface area contributed by atoms with E-state index in [0.29, 0.717) is 53.8 Å². The molecule has 9 aliphatic rings. The van der Waals surface area contributed by atoms with Crippen LogP contribution in [0.5, 0.6) is 0 Å². The van der Waals surface area contributed by atoms with Gasteiger partial charge in [0.25, 0.3) is 0 Å². The van der Waals surface area contributed by atoms with Crippen LogP contribution in [0.15, 0.2) is 0 Å². The van der Waals surface area contributed by atoms with Crippen molar-refractivity contribution < 1.29 is 42.6 Å². The van der Waals surface area contributed by atoms with E-state index in [1.807, 2.05) is 6.92 Å². The van der Waals surface area contributed by atoms with Crippen LogP contribution in [0.25, 0.3) is 0 Å². The van der Waals surface area contributed by atoms with Crippen molar-refractivity contribution in [2.24, 2.45) is 70.0 Å². The first-order valence-electron chi connectivity index (χ1n) is 21.1. The highest BCUT2D eigenvalue weighted by Gasteiger charge is 2.70. The van der Waals surface area contributed by atoms with Crippen LogP contribution in [0.1, 0.15) is 131 Å². The van der Waals surface area contributed by atoms with E-state index in [0.717, 1.165) is 51.4 Å². The molecular weight excluding hydrogens is 683 g/mol. The van der Waals surface area contributed by atoms with Gasteiger partial charge in [-0.1, -0.05) is 34.6 Å². The van der Waals surface area contributed by atoms with Crippen molar-refractivity contribution in [3.63, 3.8) is 0 Å². The molecule has 296 valence electrons. The summed E-state index contributed by atoms with van der Waals surface area (Å²) in [6.45, 7) is 14.2. The summed E-state index contributed by atoms with van der Waals surface area (Å²) in [5.74, 6) is 3.31. The Labute approximate surface area is 314 Å². The van der Waals surface area contributed by atoms with Crippen LogP contribution in [-0.2, 0) is 39.9 Å². The van der Waals surface area contributed by atoms with E-state index in [2.05, 4.69) is 39.9 Å². The predicted octanol–water partition coefficient (Wildman–Crippen LogP) is 6.96. The molecule has 5 saturated carbocycles. The topological polar surface area (TPSA) is 133 Å². The Morgan fingerprint density at radius 1 is 0.923 bits per heavy atom. The number of carbonyl (C=O) groups is 1. The van der Waals surface area contributed by atoms with E-state index in [4.69, 9.17) is 28.5 Å². The van der Waals surface area contributed by atoms with Crippen molar-refractivity contribution in [3.8, 4) is 0 Å². The molecule has 1 amide bonds. The van der Waals surface area contributed by atoms with Crippen LogP contribution in [0, 0.1) is 70.0 Å². The molecule has 0 aromatic rings. The number of aliphatic hydroxyl groups excluding tert-OH is 1. The first-order valence-corrected chi connectivity index (χ1v) is 22.3. The molecule has 52 heavy (non-hydrogen) atoms. The molecule has 10 unspecified atom stereocenters. The third kappa shape index (κ3) is 6.20. The average Bonchev–Trinajstić information content (AvgIpc) is 3.29. The first-order chi connectivity index (χ1) is 24.7. The summed E-state index contributed by atoms with van der Waals surface area (Å²) in [7, 11) is 0. The third-order valence-corrected chi connectivity index (χ3v) is 17.8. The Hall–Kier alpha value is -0.660. The van der Waals surface area contributed by atoms with Gasteiger partial charge in [-0.05, 0) is 142 Å². The van der Waals surface area contributed by atoms with Crippen LogP contribution < -0.4 is 5.32 Å². The fourth-order valence-corrected chi connectivity index (χ4v) is 14.7. The van der Waals surface area contributed by atoms with Crippen LogP contribution in [0.4, 0.5) is 0 Å². The van der Waals surface area contributed by atoms with Gasteiger partial charge >= 0.3 is 0 Å². The normalized spacial score (nSPS) is 53.4. The number of amides is 1. The standard InChI is InChI=1S/C41H67NO9S/c1-23(8-12-34(44)42-19-20-52(45)46)28-10-11-31-35-32(14-17-39(28,31)5)38(4)16-13-27(21-26(38)22-33(35)43)47-36-25(3)30-9-7-24(2)29-15-18-40(6)49-37(48-36)41(29,30)51-50-40/h23-33,35-37,43H,7-22H2,1-6H3,(H,42,44)(H,45,46)/t23-,24-,25-,26?,27-,28-,29?,30?,31?,32?,33+,35?,36?,37?,38+,39-,40?,41-/m1/s1. The van der Waals surface area contributed by atoms with Crippen LogP contribution in [-0.4, -0.2) is 68.2 Å². The second-order valence-electron chi connectivity index (χ2n) is 19.7. The molecule has 4 heterocycles. The van der Waals surface area contributed by atoms with Gasteiger partial charge in [-0.25, -0.2) is 14.0 Å². The molecule has 9 rings (SSSR count). The Morgan fingerprint density at radius 3 is 2.44 bits per heavy atom. The number of ether oxygens (including phenoxy) is 3. The van der Waals surface area contributed by atoms with Gasteiger partial charge in [-0.3, -0.25) is 4.79 Å². The SMILES string of the molecule is C[C@H]1C(O[C@@H]2CC[C@@]3(C)C(C2)C[C@H](O)C2C3CC[C@@]3(C)C2CC[C@@H]3[C@H](C)CCC(=O)NCCS(=O)O)OC2OC3(C)CCC4[C@H](C)CCC1[C@@]24OO3. The van der Waals surface area contributed by atoms with Crippen molar-refractivity contribution in [1.82, 2.24) is 5.32 Å². The molecular formula is C41H67NO9S. The summed E-state index contributed by atoms with van der Waals surface area (Å²) in [4.78, 5) is 24.9. The Morgan fingerprint density at radius 2 is 1.65 bits per heavy atom. The monoisotopic (exact) mass is 749 g/mol. The molecule has 0 aromatic carbocycles. The highest BCUT2D eigenvalue weighted by Crippen LogP contribution is 2.69. The highest BCUT2D eigenvalue weighted by molar-refractivity contribution is 7.79. The zero-order valence-electron chi connectivity index (χ0n) is 32.6. The number of nitrogens with one attached hydrogen (secondary N) is 1. The van der Waals surface area contributed by atoms with Gasteiger partial charge in [-0.15, -0.1) is 0 Å². The van der Waals surface area contributed by atoms with E-state index in [9.17, 15) is 14.1 Å². The third-order valence-electron chi connectivity index (χ3n) is 17.2. The fourth-order valence-electron chi connectivity index (χ4n) is 14.4. The summed E-state index contributed by atoms with van der Waals surface area (Å²) in [5.41, 5.74) is -0.196. The molecule has 0 radical (unpaired) electrons. The van der Waals surface area contributed by atoms with Crippen molar-refractivity contribution in [1.29, 1.82) is 0 Å². The molecule has 4 aliphatic heterocycles. The van der Waals surface area contributed by atoms with E-state index < -0.39 is 28.8 Å². The number of rotatable bonds is 9. The second-order valence-corrected chi connectivity index (χ2v) is 20.8. The minimum Gasteiger partial charge on any atom is -0.393 e. The van der Waals surface area contributed by atoms with Gasteiger partial charge in [0.2, 0.25) is 11.7 Å². The van der Waals surface area contributed by atoms with E-state index in [-0.39, 0.29) is 59.4 Å². The van der Waals surface area contributed by atoms with Crippen molar-refractivity contribution in [3.05, 3.63) is 0 Å². The number of hydrogen-bond donors (Lipinski definition) is 3. The number of aliphatic hydroxyl groups is 1. The zero-order chi connectivity index (χ0) is 36.8. The maximum Gasteiger partial charge on any atom is 0.220 e. The van der Waals surface area contributed by atoms with Crippen molar-refractivity contribution in [2.75, 3.05) is 12.3 Å². The molecule has 9 fully saturated rings. The first kappa shape index (κ1) is 38.2. The fraction of sp³-hybridized carbons (Fsp3) is 0.976. The molecule has 5 aliphatic carbocycles. The smallest absolute Gasteiger partial charge is 0.220 e. The second kappa shape index (κ2) is 14.1. The zero-order valence-corrected chi connectivity index (χ0v) is 33.4. The maximum absolute atomic E-state index is 12.5. The molecule has 1 spiro atoms. The van der Waals surface area contributed by atoms with E-state index >= 15 is 0 Å². The number of carbonyl (C=O) groups excluding carboxylic acids is 1. The summed E-state index contributed by atoms with van der Waals surface area (Å²) in [5, 5.41) is 14.9. The van der Waals surface area contributed by atoms with Crippen molar-refractivity contribution >= 4 is 17.0 Å². The van der Waals surface area contributed by atoms with E-state index in [1.165, 1.54) is 32.1 Å². The Kier molecular flexibility index (Phi) is 10.3. The van der Waals surface area contributed by atoms with Gasteiger partial charge in [0.1, 0.15) is 0 Å². The summed E-state index contributed by atoms with van der Waals surface area (Å²) in [6, 6.07) is 0. The number of hydrogen-bond acceptors (Lipinski definition) is 8. The van der Waals surface area contributed by atoms with Crippen molar-refractivity contribution in [2.45, 2.75) is 168 Å². The van der Waals surface area contributed by atoms with Gasteiger partial charge in [-0.2, -0.15) is 0 Å². The van der Waals surface area contributed by atoms with Gasteiger partial charge in [0.05, 0.1) is 18.0 Å². The van der Waals surface area contributed by atoms with Crippen LogP contribution >= 0.6 is 0 Å². The average molecular weight is 750 g/mol. The Balaban J connectivity index is 0.909. The number of fused-ring (bicyclic) bond motifs is 7. The largest absolute Gasteiger partial charge is 0.393 e. The minimum absolute atomic E-state index is 0.0321. The lowest BCUT2D eigenvalue weighted by atomic mass is 9.43. The predicted molar refractivity (Wildman–Crippen MR) is 195 cm³/mol. The minimum atomic E-state index is -1.89. The molecule has 2 bridgehead atoms. The molecule has 3 N–H and O–H groups in total. The van der Waals surface area contributed by atoms with E-state index in [1.54, 1.807) is 0 Å². The summed E-state index contributed by atoms with van der Waals surface area (Å²) in [6.07, 6.45) is 13.0. The maximum atomic E-state index is 12.5. The van der Waals surface area contributed by atoms with Gasteiger partial charge in [0, 0.05) is 31.2 Å². The lowest BCUT2D eigenvalue weighted by molar-refractivity contribution is -0.578. The van der Waals surface area contributed by atoms with Gasteiger partial charge < -0.3 is 29.2 Å². The summed E-state index contributed by atoms with van der Waals surface area (Å²) >= 11 is -1.89. The van der Waals surface area contributed by atoms with Crippen LogP contribution in [0.3, 0.4) is 0 Å². The van der Waals surface area contributed by atoms with Crippen LogP contribution in [0.2, 0.25) is 0 Å². The molecule has 4 saturated heterocycles. The highest BCUT2D eigenvalue weighted by atomic mass is 32.2. The quantitative estimate of drug-likeness (QED) is 0.130. The molecule has 11 heteroatoms. The lowest BCUT2D eigenvalue weighted by Crippen LogP contribution is -2.70. The molecule has 10 nitrogen and oxygen atoms in total.